The molecule has 1 aliphatic rings. The zero-order valence-corrected chi connectivity index (χ0v) is 12.3. The lowest BCUT2D eigenvalue weighted by Crippen LogP contribution is -2.31. The summed E-state index contributed by atoms with van der Waals surface area (Å²) in [6, 6.07) is 0. The van der Waals surface area contributed by atoms with Crippen molar-refractivity contribution in [1.29, 1.82) is 0 Å². The van der Waals surface area contributed by atoms with Gasteiger partial charge in [0.2, 0.25) is 5.89 Å². The van der Waals surface area contributed by atoms with E-state index in [-0.39, 0.29) is 0 Å². The molecule has 2 heterocycles. The van der Waals surface area contributed by atoms with Gasteiger partial charge in [-0.25, -0.2) is 0 Å². The first-order valence-electron chi connectivity index (χ1n) is 7.86. The molecule has 1 aromatic heterocycles. The summed E-state index contributed by atoms with van der Waals surface area (Å²) in [5.74, 6) is 2.90. The van der Waals surface area contributed by atoms with Crippen molar-refractivity contribution >= 4 is 0 Å². The molecule has 1 aromatic rings. The molecule has 4 heteroatoms. The number of aromatic nitrogens is 2. The predicted octanol–water partition coefficient (Wildman–Crippen LogP) is 3.30. The molecule has 0 aromatic carbocycles. The van der Waals surface area contributed by atoms with Crippen molar-refractivity contribution in [2.75, 3.05) is 13.1 Å². The molecule has 0 amide bonds. The molecule has 0 aliphatic carbocycles. The summed E-state index contributed by atoms with van der Waals surface area (Å²) in [5, 5.41) is 7.62. The van der Waals surface area contributed by atoms with Gasteiger partial charge in [-0.3, -0.25) is 0 Å². The largest absolute Gasteiger partial charge is 0.339 e. The fourth-order valence-corrected chi connectivity index (χ4v) is 2.96. The summed E-state index contributed by atoms with van der Waals surface area (Å²) in [7, 11) is 0. The SMILES string of the molecule is CCCC(CCC)c1nc(CC2CCCNC2)no1. The third-order valence-corrected chi connectivity index (χ3v) is 3.98. The Morgan fingerprint density at radius 1 is 1.32 bits per heavy atom. The lowest BCUT2D eigenvalue weighted by Gasteiger charge is -2.21. The van der Waals surface area contributed by atoms with Crippen molar-refractivity contribution in [3.05, 3.63) is 11.7 Å². The topological polar surface area (TPSA) is 51.0 Å². The van der Waals surface area contributed by atoms with Crippen LogP contribution in [-0.4, -0.2) is 23.2 Å². The van der Waals surface area contributed by atoms with E-state index >= 15 is 0 Å². The molecule has 1 saturated heterocycles. The van der Waals surface area contributed by atoms with Crippen LogP contribution in [0.1, 0.15) is 70.0 Å². The maximum atomic E-state index is 5.49. The first-order valence-corrected chi connectivity index (χ1v) is 7.86. The Morgan fingerprint density at radius 3 is 2.74 bits per heavy atom. The van der Waals surface area contributed by atoms with Gasteiger partial charge in [0, 0.05) is 12.3 Å². The number of rotatable bonds is 7. The van der Waals surface area contributed by atoms with Gasteiger partial charge in [0.05, 0.1) is 0 Å². The second-order valence-corrected chi connectivity index (χ2v) is 5.74. The van der Waals surface area contributed by atoms with Gasteiger partial charge < -0.3 is 9.84 Å². The minimum atomic E-state index is 0.459. The molecule has 108 valence electrons. The van der Waals surface area contributed by atoms with Crippen LogP contribution in [0.2, 0.25) is 0 Å². The third kappa shape index (κ3) is 4.30. The lowest BCUT2D eigenvalue weighted by atomic mass is 9.96. The van der Waals surface area contributed by atoms with E-state index in [0.717, 1.165) is 44.1 Å². The number of hydrogen-bond acceptors (Lipinski definition) is 4. The molecule has 1 unspecified atom stereocenters. The summed E-state index contributed by atoms with van der Waals surface area (Å²) >= 11 is 0. The number of nitrogens with zero attached hydrogens (tertiary/aromatic N) is 2. The van der Waals surface area contributed by atoms with Crippen LogP contribution < -0.4 is 5.32 Å². The normalized spacial score (nSPS) is 20.1. The number of nitrogens with one attached hydrogen (secondary N) is 1. The summed E-state index contributed by atoms with van der Waals surface area (Å²) in [6.07, 6.45) is 8.17. The highest BCUT2D eigenvalue weighted by atomic mass is 16.5. The van der Waals surface area contributed by atoms with E-state index in [1.807, 2.05) is 0 Å². The lowest BCUT2D eigenvalue weighted by molar-refractivity contribution is 0.327. The van der Waals surface area contributed by atoms with Crippen molar-refractivity contribution in [1.82, 2.24) is 15.5 Å². The molecule has 0 spiro atoms. The fraction of sp³-hybridized carbons (Fsp3) is 0.867. The Balaban J connectivity index is 1.92. The van der Waals surface area contributed by atoms with Crippen molar-refractivity contribution in [3.63, 3.8) is 0 Å². The van der Waals surface area contributed by atoms with Gasteiger partial charge in [0.1, 0.15) is 0 Å². The molecule has 1 N–H and O–H groups in total. The minimum Gasteiger partial charge on any atom is -0.339 e. The van der Waals surface area contributed by atoms with Crippen LogP contribution in [0.15, 0.2) is 4.52 Å². The molecule has 0 saturated carbocycles. The van der Waals surface area contributed by atoms with Gasteiger partial charge in [-0.1, -0.05) is 31.8 Å². The molecule has 4 nitrogen and oxygen atoms in total. The van der Waals surface area contributed by atoms with Crippen molar-refractivity contribution in [2.45, 2.75) is 64.7 Å². The van der Waals surface area contributed by atoms with E-state index in [1.54, 1.807) is 0 Å². The molecule has 2 rings (SSSR count). The number of piperidine rings is 1. The smallest absolute Gasteiger partial charge is 0.229 e. The molecule has 1 aliphatic heterocycles. The van der Waals surface area contributed by atoms with Crippen LogP contribution in [0.4, 0.5) is 0 Å². The Morgan fingerprint density at radius 2 is 2.11 bits per heavy atom. The molecule has 0 bridgehead atoms. The van der Waals surface area contributed by atoms with Crippen LogP contribution in [-0.2, 0) is 6.42 Å². The zero-order chi connectivity index (χ0) is 13.5. The molecule has 1 fully saturated rings. The van der Waals surface area contributed by atoms with E-state index < -0.39 is 0 Å². The van der Waals surface area contributed by atoms with E-state index in [2.05, 4.69) is 29.3 Å². The number of hydrogen-bond donors (Lipinski definition) is 1. The average molecular weight is 265 g/mol. The Hall–Kier alpha value is -0.900. The first kappa shape index (κ1) is 14.5. The average Bonchev–Trinajstić information content (AvgIpc) is 2.88. The molecule has 0 radical (unpaired) electrons. The quantitative estimate of drug-likeness (QED) is 0.822. The minimum absolute atomic E-state index is 0.459. The van der Waals surface area contributed by atoms with Crippen LogP contribution in [0, 0.1) is 5.92 Å². The third-order valence-electron chi connectivity index (χ3n) is 3.98. The monoisotopic (exact) mass is 265 g/mol. The van der Waals surface area contributed by atoms with Gasteiger partial charge in [-0.05, 0) is 44.7 Å². The fourth-order valence-electron chi connectivity index (χ4n) is 2.96. The van der Waals surface area contributed by atoms with Crippen LogP contribution >= 0.6 is 0 Å². The molecule has 1 atom stereocenters. The highest BCUT2D eigenvalue weighted by molar-refractivity contribution is 4.95. The second kappa shape index (κ2) is 7.63. The molecular formula is C15H27N3O. The second-order valence-electron chi connectivity index (χ2n) is 5.74. The Kier molecular flexibility index (Phi) is 5.83. The summed E-state index contributed by atoms with van der Waals surface area (Å²) in [5.41, 5.74) is 0. The van der Waals surface area contributed by atoms with Crippen molar-refractivity contribution in [3.8, 4) is 0 Å². The summed E-state index contributed by atoms with van der Waals surface area (Å²) in [6.45, 7) is 6.68. The van der Waals surface area contributed by atoms with Crippen LogP contribution in [0.3, 0.4) is 0 Å². The standard InChI is InChI=1S/C15H27N3O/c1-3-6-13(7-4-2)15-17-14(18-19-15)10-12-8-5-9-16-11-12/h12-13,16H,3-11H2,1-2H3. The van der Waals surface area contributed by atoms with Gasteiger partial charge in [0.15, 0.2) is 5.82 Å². The Bertz CT molecular complexity index is 352. The van der Waals surface area contributed by atoms with Crippen LogP contribution in [0.5, 0.6) is 0 Å². The van der Waals surface area contributed by atoms with Crippen molar-refractivity contribution < 1.29 is 4.52 Å². The van der Waals surface area contributed by atoms with E-state index in [0.29, 0.717) is 11.8 Å². The van der Waals surface area contributed by atoms with Crippen LogP contribution in [0.25, 0.3) is 0 Å². The van der Waals surface area contributed by atoms with Gasteiger partial charge in [0.25, 0.3) is 0 Å². The van der Waals surface area contributed by atoms with E-state index in [9.17, 15) is 0 Å². The molecule has 19 heavy (non-hydrogen) atoms. The zero-order valence-electron chi connectivity index (χ0n) is 12.3. The highest BCUT2D eigenvalue weighted by Gasteiger charge is 2.20. The van der Waals surface area contributed by atoms with Gasteiger partial charge in [-0.15, -0.1) is 0 Å². The maximum Gasteiger partial charge on any atom is 0.229 e. The van der Waals surface area contributed by atoms with Gasteiger partial charge >= 0.3 is 0 Å². The highest BCUT2D eigenvalue weighted by Crippen LogP contribution is 2.25. The summed E-state index contributed by atoms with van der Waals surface area (Å²) in [4.78, 5) is 4.64. The summed E-state index contributed by atoms with van der Waals surface area (Å²) < 4.78 is 5.49. The van der Waals surface area contributed by atoms with E-state index in [1.165, 1.54) is 25.7 Å². The first-order chi connectivity index (χ1) is 9.33. The Labute approximate surface area is 116 Å². The maximum absolute atomic E-state index is 5.49. The predicted molar refractivity (Wildman–Crippen MR) is 76.2 cm³/mol. The van der Waals surface area contributed by atoms with Crippen molar-refractivity contribution in [2.24, 2.45) is 5.92 Å². The van der Waals surface area contributed by atoms with Gasteiger partial charge in [-0.2, -0.15) is 4.98 Å². The molecular weight excluding hydrogens is 238 g/mol. The van der Waals surface area contributed by atoms with E-state index in [4.69, 9.17) is 4.52 Å².